The van der Waals surface area contributed by atoms with E-state index in [0.717, 1.165) is 25.4 Å². The third-order valence-electron chi connectivity index (χ3n) is 2.94. The molecule has 7 heteroatoms. The summed E-state index contributed by atoms with van der Waals surface area (Å²) in [5, 5.41) is 11.8. The maximum absolute atomic E-state index is 11.4. The van der Waals surface area contributed by atoms with Gasteiger partial charge in [0.1, 0.15) is 5.82 Å². The number of anilines is 1. The molecule has 0 saturated heterocycles. The van der Waals surface area contributed by atoms with Gasteiger partial charge < -0.3 is 16.6 Å². The Balaban J connectivity index is 2.21. The average Bonchev–Trinajstić information content (AvgIpc) is 3.05. The van der Waals surface area contributed by atoms with Crippen molar-refractivity contribution < 1.29 is 9.90 Å². The molecule has 0 atom stereocenters. The van der Waals surface area contributed by atoms with Gasteiger partial charge in [-0.3, -0.25) is 4.79 Å². The lowest BCUT2D eigenvalue weighted by Gasteiger charge is -1.99. The molecule has 0 spiro atoms. The molecule has 3 rings (SSSR count). The number of pyridine rings is 1. The lowest BCUT2D eigenvalue weighted by atomic mass is 10.2. The van der Waals surface area contributed by atoms with Crippen LogP contribution in [0.5, 0.6) is 0 Å². The lowest BCUT2D eigenvalue weighted by molar-refractivity contribution is 0.100. The zero-order chi connectivity index (χ0) is 14.3. The molecule has 102 valence electrons. The van der Waals surface area contributed by atoms with Crippen molar-refractivity contribution in [1.29, 1.82) is 0 Å². The van der Waals surface area contributed by atoms with Crippen LogP contribution in [0, 0.1) is 0 Å². The van der Waals surface area contributed by atoms with Gasteiger partial charge in [-0.1, -0.05) is 0 Å². The second-order valence-electron chi connectivity index (χ2n) is 4.23. The van der Waals surface area contributed by atoms with Crippen molar-refractivity contribution >= 4 is 44.5 Å². The second kappa shape index (κ2) is 4.86. The smallest absolute Gasteiger partial charge is 0.251 e. The van der Waals surface area contributed by atoms with Gasteiger partial charge in [0.05, 0.1) is 16.9 Å². The van der Waals surface area contributed by atoms with Crippen LogP contribution in [0.3, 0.4) is 0 Å². The summed E-state index contributed by atoms with van der Waals surface area (Å²) in [6.45, 7) is 0.0196. The highest BCUT2D eigenvalue weighted by Gasteiger charge is 2.15. The molecule has 0 saturated carbocycles. The molecule has 0 aliphatic heterocycles. The summed E-state index contributed by atoms with van der Waals surface area (Å²) in [4.78, 5) is 17.3. The van der Waals surface area contributed by atoms with E-state index in [4.69, 9.17) is 16.6 Å². The Labute approximate surface area is 122 Å². The minimum Gasteiger partial charge on any atom is -0.391 e. The number of nitrogens with zero attached hydrogens (tertiary/aromatic N) is 1. The molecule has 0 bridgehead atoms. The van der Waals surface area contributed by atoms with Gasteiger partial charge in [0.25, 0.3) is 5.91 Å². The van der Waals surface area contributed by atoms with E-state index >= 15 is 0 Å². The Morgan fingerprint density at radius 1 is 1.40 bits per heavy atom. The number of aliphatic hydroxyl groups excluding tert-OH is 1. The van der Waals surface area contributed by atoms with Crippen molar-refractivity contribution in [3.63, 3.8) is 0 Å². The normalized spacial score (nSPS) is 11.1. The van der Waals surface area contributed by atoms with Gasteiger partial charge >= 0.3 is 0 Å². The monoisotopic (exact) mass is 305 g/mol. The van der Waals surface area contributed by atoms with Crippen molar-refractivity contribution in [2.45, 2.75) is 6.61 Å². The number of carbonyl (C=O) groups is 1. The first-order chi connectivity index (χ1) is 9.60. The van der Waals surface area contributed by atoms with Gasteiger partial charge in [0.2, 0.25) is 0 Å². The van der Waals surface area contributed by atoms with Gasteiger partial charge in [0, 0.05) is 26.9 Å². The highest BCUT2D eigenvalue weighted by atomic mass is 32.1. The summed E-state index contributed by atoms with van der Waals surface area (Å²) < 4.78 is 0.747. The summed E-state index contributed by atoms with van der Waals surface area (Å²) in [7, 11) is 0. The number of thiophene rings is 2. The Bertz CT molecular complexity index is 807. The highest BCUT2D eigenvalue weighted by molar-refractivity contribution is 7.23. The van der Waals surface area contributed by atoms with Crippen LogP contribution in [0.25, 0.3) is 20.5 Å². The maximum Gasteiger partial charge on any atom is 0.251 e. The minimum absolute atomic E-state index is 0.0196. The molecule has 3 heterocycles. The van der Waals surface area contributed by atoms with Gasteiger partial charge in [-0.15, -0.1) is 22.7 Å². The SMILES string of the molecule is NC(=O)c1cnc(N)c2cc(-c3csc(CO)c3)sc12. The predicted octanol–water partition coefficient (Wildman–Crippen LogP) is 2.20. The Morgan fingerprint density at radius 2 is 2.20 bits per heavy atom. The van der Waals surface area contributed by atoms with Crippen LogP contribution in [0.15, 0.2) is 23.7 Å². The summed E-state index contributed by atoms with van der Waals surface area (Å²) in [6.07, 6.45) is 1.41. The number of carbonyl (C=O) groups excluding carboxylic acids is 1. The van der Waals surface area contributed by atoms with Crippen molar-refractivity contribution in [1.82, 2.24) is 4.98 Å². The molecule has 0 unspecified atom stereocenters. The average molecular weight is 305 g/mol. The van der Waals surface area contributed by atoms with E-state index in [2.05, 4.69) is 4.98 Å². The zero-order valence-corrected chi connectivity index (χ0v) is 11.9. The zero-order valence-electron chi connectivity index (χ0n) is 10.3. The van der Waals surface area contributed by atoms with Crippen molar-refractivity contribution in [3.05, 3.63) is 34.2 Å². The van der Waals surface area contributed by atoms with Crippen LogP contribution in [0.2, 0.25) is 0 Å². The molecular weight excluding hydrogens is 294 g/mol. The van der Waals surface area contributed by atoms with E-state index in [1.54, 1.807) is 0 Å². The fraction of sp³-hybridized carbons (Fsp3) is 0.0769. The van der Waals surface area contributed by atoms with E-state index in [1.165, 1.54) is 28.9 Å². The number of rotatable bonds is 3. The number of nitrogen functional groups attached to an aromatic ring is 1. The second-order valence-corrected chi connectivity index (χ2v) is 6.28. The van der Waals surface area contributed by atoms with Crippen LogP contribution in [-0.2, 0) is 6.61 Å². The number of amides is 1. The Hall–Kier alpha value is -1.96. The molecule has 0 fully saturated rings. The number of aromatic nitrogens is 1. The summed E-state index contributed by atoms with van der Waals surface area (Å²) in [5.74, 6) is -0.137. The van der Waals surface area contributed by atoms with Gasteiger partial charge in [-0.2, -0.15) is 0 Å². The summed E-state index contributed by atoms with van der Waals surface area (Å²) in [6, 6.07) is 3.82. The number of hydrogen-bond acceptors (Lipinski definition) is 6. The van der Waals surface area contributed by atoms with Crippen molar-refractivity contribution in [2.75, 3.05) is 5.73 Å². The van der Waals surface area contributed by atoms with E-state index in [0.29, 0.717) is 11.4 Å². The molecule has 5 nitrogen and oxygen atoms in total. The maximum atomic E-state index is 11.4. The standard InChI is InChI=1S/C13H11N3O2S2/c14-12-8-2-10(6-1-7(4-17)19-5-6)20-11(8)9(3-16-12)13(15)18/h1-3,5,17H,4H2,(H2,14,16)(H2,15,18). The van der Waals surface area contributed by atoms with Crippen LogP contribution in [-0.4, -0.2) is 16.0 Å². The minimum atomic E-state index is -0.516. The van der Waals surface area contributed by atoms with Gasteiger partial charge in [-0.05, 0) is 17.5 Å². The fourth-order valence-electron chi connectivity index (χ4n) is 1.95. The van der Waals surface area contributed by atoms with E-state index in [-0.39, 0.29) is 6.61 Å². The van der Waals surface area contributed by atoms with Crippen LogP contribution in [0.4, 0.5) is 5.82 Å². The molecule has 0 aliphatic carbocycles. The van der Waals surface area contributed by atoms with Crippen molar-refractivity contribution in [3.8, 4) is 10.4 Å². The van der Waals surface area contributed by atoms with Crippen LogP contribution in [0.1, 0.15) is 15.2 Å². The first kappa shape index (κ1) is 13.0. The largest absolute Gasteiger partial charge is 0.391 e. The number of primary amides is 1. The number of aliphatic hydroxyl groups is 1. The topological polar surface area (TPSA) is 102 Å². The number of nitrogens with two attached hydrogens (primary N) is 2. The van der Waals surface area contributed by atoms with Crippen molar-refractivity contribution in [2.24, 2.45) is 5.73 Å². The molecule has 5 N–H and O–H groups in total. The first-order valence-electron chi connectivity index (χ1n) is 5.76. The third-order valence-corrected chi connectivity index (χ3v) is 5.08. The van der Waals surface area contributed by atoms with E-state index in [9.17, 15) is 4.79 Å². The highest BCUT2D eigenvalue weighted by Crippen LogP contribution is 2.38. The third kappa shape index (κ3) is 2.05. The summed E-state index contributed by atoms with van der Waals surface area (Å²) >= 11 is 2.93. The Kier molecular flexibility index (Phi) is 3.17. The molecule has 0 radical (unpaired) electrons. The molecule has 0 aromatic carbocycles. The summed E-state index contributed by atoms with van der Waals surface area (Å²) in [5.41, 5.74) is 12.6. The van der Waals surface area contributed by atoms with Gasteiger partial charge in [-0.25, -0.2) is 4.98 Å². The molecular formula is C13H11N3O2S2. The fourth-order valence-corrected chi connectivity index (χ4v) is 3.94. The molecule has 20 heavy (non-hydrogen) atoms. The quantitative estimate of drug-likeness (QED) is 0.690. The first-order valence-corrected chi connectivity index (χ1v) is 7.46. The van der Waals surface area contributed by atoms with Crippen LogP contribution >= 0.6 is 22.7 Å². The van der Waals surface area contributed by atoms with Gasteiger partial charge in [0.15, 0.2) is 0 Å². The van der Waals surface area contributed by atoms with E-state index < -0.39 is 5.91 Å². The molecule has 1 amide bonds. The Morgan fingerprint density at radius 3 is 2.85 bits per heavy atom. The number of hydrogen-bond donors (Lipinski definition) is 3. The number of fused-ring (bicyclic) bond motifs is 1. The lowest BCUT2D eigenvalue weighted by Crippen LogP contribution is -2.11. The molecule has 0 aliphatic rings. The van der Waals surface area contributed by atoms with E-state index in [1.807, 2.05) is 17.5 Å². The van der Waals surface area contributed by atoms with Crippen LogP contribution < -0.4 is 11.5 Å². The molecule has 3 aromatic heterocycles. The molecule has 3 aromatic rings. The predicted molar refractivity (Wildman–Crippen MR) is 81.8 cm³/mol.